The zero-order valence-corrected chi connectivity index (χ0v) is 46.8. The molecule has 0 aliphatic rings. The molecule has 0 rings (SSSR count). The number of carbonyl (C=O) groups excluding carboxylic acids is 2. The first-order valence-corrected chi connectivity index (χ1v) is 31.5. The topological polar surface area (TPSA) is 95.9 Å². The van der Waals surface area contributed by atoms with Gasteiger partial charge in [-0.15, -0.1) is 0 Å². The van der Waals surface area contributed by atoms with Gasteiger partial charge in [-0.3, -0.25) is 9.59 Å². The second-order valence-corrected chi connectivity index (χ2v) is 21.8. The zero-order valence-electron chi connectivity index (χ0n) is 46.8. The predicted molar refractivity (Wildman–Crippen MR) is 301 cm³/mol. The molecule has 0 aliphatic heterocycles. The van der Waals surface area contributed by atoms with Crippen LogP contribution in [-0.4, -0.2) is 47.4 Å². The molecule has 3 N–H and O–H groups in total. The minimum atomic E-state index is -0.853. The molecule has 0 aliphatic carbocycles. The summed E-state index contributed by atoms with van der Waals surface area (Å²) in [5, 5.41) is 23.2. The molecule has 0 saturated carbocycles. The normalized spacial score (nSPS) is 12.6. The van der Waals surface area contributed by atoms with E-state index in [1.54, 1.807) is 6.08 Å². The highest BCUT2D eigenvalue weighted by molar-refractivity contribution is 5.76. The monoisotopic (exact) mass is 974 g/mol. The van der Waals surface area contributed by atoms with Crippen LogP contribution in [0.5, 0.6) is 0 Å². The van der Waals surface area contributed by atoms with E-state index in [2.05, 4.69) is 19.2 Å². The smallest absolute Gasteiger partial charge is 0.305 e. The molecule has 6 heteroatoms. The Labute approximate surface area is 431 Å². The van der Waals surface area contributed by atoms with Crippen LogP contribution in [0.4, 0.5) is 0 Å². The van der Waals surface area contributed by atoms with E-state index < -0.39 is 12.1 Å². The predicted octanol–water partition coefficient (Wildman–Crippen LogP) is 19.6. The average Bonchev–Trinajstić information content (AvgIpc) is 3.35. The number of unbranched alkanes of at least 4 members (excludes halogenated alkanes) is 48. The molecule has 0 aromatic heterocycles. The highest BCUT2D eigenvalue weighted by Crippen LogP contribution is 2.18. The van der Waals surface area contributed by atoms with Gasteiger partial charge >= 0.3 is 5.97 Å². The fourth-order valence-corrected chi connectivity index (χ4v) is 9.99. The summed E-state index contributed by atoms with van der Waals surface area (Å²) in [6, 6.07) is -0.638. The van der Waals surface area contributed by atoms with Crippen LogP contribution in [0.1, 0.15) is 354 Å². The quantitative estimate of drug-likeness (QED) is 0.0321. The van der Waals surface area contributed by atoms with Gasteiger partial charge in [0.2, 0.25) is 5.91 Å². The molecule has 69 heavy (non-hydrogen) atoms. The van der Waals surface area contributed by atoms with Crippen molar-refractivity contribution in [3.05, 3.63) is 12.2 Å². The fraction of sp³-hybridized carbons (Fsp3) is 0.937. The van der Waals surface area contributed by atoms with Gasteiger partial charge in [0.15, 0.2) is 0 Å². The van der Waals surface area contributed by atoms with Crippen LogP contribution < -0.4 is 5.32 Å². The second-order valence-electron chi connectivity index (χ2n) is 21.8. The summed E-state index contributed by atoms with van der Waals surface area (Å²) in [6.45, 7) is 4.91. The summed E-state index contributed by atoms with van der Waals surface area (Å²) >= 11 is 0. The minimum absolute atomic E-state index is 0.00274. The molecule has 2 unspecified atom stereocenters. The van der Waals surface area contributed by atoms with Crippen LogP contribution in [0.3, 0.4) is 0 Å². The third-order valence-corrected chi connectivity index (χ3v) is 14.8. The lowest BCUT2D eigenvalue weighted by molar-refractivity contribution is -0.143. The van der Waals surface area contributed by atoms with Gasteiger partial charge in [-0.05, 0) is 32.1 Å². The van der Waals surface area contributed by atoms with Crippen LogP contribution in [-0.2, 0) is 14.3 Å². The van der Waals surface area contributed by atoms with Crippen molar-refractivity contribution in [3.63, 3.8) is 0 Å². The van der Waals surface area contributed by atoms with Crippen LogP contribution >= 0.6 is 0 Å². The molecule has 1 amide bonds. The van der Waals surface area contributed by atoms with Crippen molar-refractivity contribution in [2.24, 2.45) is 0 Å². The maximum Gasteiger partial charge on any atom is 0.305 e. The van der Waals surface area contributed by atoms with Crippen molar-refractivity contribution in [1.29, 1.82) is 0 Å². The van der Waals surface area contributed by atoms with E-state index in [9.17, 15) is 19.8 Å². The van der Waals surface area contributed by atoms with Gasteiger partial charge in [0, 0.05) is 12.8 Å². The Morgan fingerprint density at radius 2 is 0.667 bits per heavy atom. The van der Waals surface area contributed by atoms with E-state index in [1.807, 2.05) is 6.08 Å². The molecular weight excluding hydrogens is 851 g/mol. The average molecular weight is 975 g/mol. The third-order valence-electron chi connectivity index (χ3n) is 14.8. The molecular formula is C63H123NO5. The summed E-state index contributed by atoms with van der Waals surface area (Å²) in [7, 11) is 0. The number of carbonyl (C=O) groups is 2. The largest absolute Gasteiger partial charge is 0.466 e. The maximum absolute atomic E-state index is 12.5. The molecule has 0 saturated heterocycles. The van der Waals surface area contributed by atoms with Gasteiger partial charge in [-0.1, -0.05) is 321 Å². The molecule has 0 aromatic rings. The van der Waals surface area contributed by atoms with Crippen LogP contribution in [0.15, 0.2) is 12.2 Å². The van der Waals surface area contributed by atoms with Gasteiger partial charge in [-0.2, -0.15) is 0 Å². The number of rotatable bonds is 59. The Balaban J connectivity index is 3.46. The summed E-state index contributed by atoms with van der Waals surface area (Å²) in [6.07, 6.45) is 71.0. The van der Waals surface area contributed by atoms with Crippen molar-refractivity contribution in [2.45, 2.75) is 366 Å². The molecule has 0 bridgehead atoms. The van der Waals surface area contributed by atoms with Crippen LogP contribution in [0.25, 0.3) is 0 Å². The van der Waals surface area contributed by atoms with Crippen molar-refractivity contribution < 1.29 is 24.5 Å². The minimum Gasteiger partial charge on any atom is -0.466 e. The standard InChI is InChI=1S/C63H123NO5/c1-3-5-7-9-11-13-15-17-19-20-21-22-23-24-25-26-27-29-31-35-39-43-47-51-55-61(66)60(59-65)64-62(67)56-52-48-44-40-36-32-30-34-38-42-46-50-54-58-69-63(68)57-53-49-45-41-37-33-28-18-16-14-12-10-8-6-4-2/h51,55,60-61,65-66H,3-50,52-54,56-59H2,1-2H3,(H,64,67)/b55-51+. The molecule has 0 spiro atoms. The number of aliphatic hydroxyl groups is 2. The highest BCUT2D eigenvalue weighted by atomic mass is 16.5. The maximum atomic E-state index is 12.5. The molecule has 410 valence electrons. The molecule has 0 radical (unpaired) electrons. The van der Waals surface area contributed by atoms with E-state index in [0.717, 1.165) is 57.8 Å². The second kappa shape index (κ2) is 59.2. The first-order valence-electron chi connectivity index (χ1n) is 31.5. The van der Waals surface area contributed by atoms with E-state index in [1.165, 1.54) is 270 Å². The Hall–Kier alpha value is -1.40. The lowest BCUT2D eigenvalue weighted by atomic mass is 10.0. The molecule has 6 nitrogen and oxygen atoms in total. The van der Waals surface area contributed by atoms with Gasteiger partial charge in [0.05, 0.1) is 25.4 Å². The van der Waals surface area contributed by atoms with E-state index in [0.29, 0.717) is 19.4 Å². The zero-order chi connectivity index (χ0) is 50.0. The van der Waals surface area contributed by atoms with Crippen molar-refractivity contribution in [3.8, 4) is 0 Å². The first kappa shape index (κ1) is 67.6. The van der Waals surface area contributed by atoms with Gasteiger partial charge in [-0.25, -0.2) is 0 Å². The number of hydrogen-bond donors (Lipinski definition) is 3. The van der Waals surface area contributed by atoms with Crippen molar-refractivity contribution in [1.82, 2.24) is 5.32 Å². The molecule has 0 aromatic carbocycles. The summed E-state index contributed by atoms with van der Waals surface area (Å²) in [5.41, 5.74) is 0. The van der Waals surface area contributed by atoms with E-state index in [-0.39, 0.29) is 18.5 Å². The lowest BCUT2D eigenvalue weighted by Crippen LogP contribution is -2.45. The summed E-state index contributed by atoms with van der Waals surface area (Å²) < 4.78 is 5.48. The van der Waals surface area contributed by atoms with E-state index >= 15 is 0 Å². The Morgan fingerprint density at radius 1 is 0.391 bits per heavy atom. The number of hydrogen-bond acceptors (Lipinski definition) is 5. The highest BCUT2D eigenvalue weighted by Gasteiger charge is 2.18. The summed E-state index contributed by atoms with van der Waals surface area (Å²) in [4.78, 5) is 24.6. The molecule has 0 fully saturated rings. The Bertz CT molecular complexity index is 1030. The third kappa shape index (κ3) is 55.8. The van der Waals surface area contributed by atoms with Crippen molar-refractivity contribution in [2.75, 3.05) is 13.2 Å². The Kier molecular flexibility index (Phi) is 58.0. The van der Waals surface area contributed by atoms with E-state index in [4.69, 9.17) is 4.74 Å². The number of amides is 1. The summed E-state index contributed by atoms with van der Waals surface area (Å²) in [5.74, 6) is -0.0790. The van der Waals surface area contributed by atoms with Crippen LogP contribution in [0, 0.1) is 0 Å². The fourth-order valence-electron chi connectivity index (χ4n) is 9.99. The number of aliphatic hydroxyl groups excluding tert-OH is 2. The molecule has 0 heterocycles. The SMILES string of the molecule is CCCCCCCCCCCCCCCCCCCCCCCC/C=C/C(O)C(CO)NC(=O)CCCCCCCCCCCCCCCOC(=O)CCCCCCCCCCCCCCCCC. The van der Waals surface area contributed by atoms with Gasteiger partial charge in [0.25, 0.3) is 0 Å². The van der Waals surface area contributed by atoms with Gasteiger partial charge < -0.3 is 20.3 Å². The van der Waals surface area contributed by atoms with Gasteiger partial charge in [0.1, 0.15) is 0 Å². The van der Waals surface area contributed by atoms with Crippen molar-refractivity contribution >= 4 is 11.9 Å². The van der Waals surface area contributed by atoms with Crippen LogP contribution in [0.2, 0.25) is 0 Å². The number of ether oxygens (including phenoxy) is 1. The number of esters is 1. The number of nitrogens with one attached hydrogen (secondary N) is 1. The molecule has 2 atom stereocenters. The first-order chi connectivity index (χ1) is 34.0. The number of allylic oxidation sites excluding steroid dienone is 1. The Morgan fingerprint density at radius 3 is 0.986 bits per heavy atom. The lowest BCUT2D eigenvalue weighted by Gasteiger charge is -2.20.